The number of H-pyrrole nitrogens is 1. The predicted octanol–water partition coefficient (Wildman–Crippen LogP) is 0.0853. The summed E-state index contributed by atoms with van der Waals surface area (Å²) in [7, 11) is 0. The van der Waals surface area contributed by atoms with E-state index < -0.39 is 6.04 Å². The Morgan fingerprint density at radius 3 is 3.05 bits per heavy atom. The number of aryl methyl sites for hydroxylation is 1. The maximum atomic E-state index is 12.5. The number of nitrogens with zero attached hydrogens (tertiary/aromatic N) is 2. The van der Waals surface area contributed by atoms with Gasteiger partial charge in [-0.3, -0.25) is 14.7 Å². The van der Waals surface area contributed by atoms with Crippen molar-refractivity contribution in [3.05, 3.63) is 17.5 Å². The molecule has 1 aromatic rings. The second-order valence-corrected chi connectivity index (χ2v) is 4.79. The quantitative estimate of drug-likeness (QED) is 0.818. The van der Waals surface area contributed by atoms with Crippen LogP contribution in [0.15, 0.2) is 6.20 Å². The third kappa shape index (κ3) is 2.98. The lowest BCUT2D eigenvalue weighted by molar-refractivity contribution is -0.130. The number of nitrogens with one attached hydrogen (secondary N) is 2. The second-order valence-electron chi connectivity index (χ2n) is 4.79. The van der Waals surface area contributed by atoms with Crippen LogP contribution in [0, 0.1) is 6.92 Å². The Hall–Kier alpha value is -1.89. The van der Waals surface area contributed by atoms with E-state index in [1.54, 1.807) is 11.8 Å². The van der Waals surface area contributed by atoms with Crippen LogP contribution in [0.4, 0.5) is 0 Å². The second kappa shape index (κ2) is 6.51. The minimum absolute atomic E-state index is 0.166. The maximum absolute atomic E-state index is 12.5. The lowest BCUT2D eigenvalue weighted by atomic mass is 10.1. The highest BCUT2D eigenvalue weighted by Crippen LogP contribution is 2.14. The van der Waals surface area contributed by atoms with Gasteiger partial charge in [-0.1, -0.05) is 6.92 Å². The number of aromatic amines is 1. The van der Waals surface area contributed by atoms with E-state index in [-0.39, 0.29) is 18.4 Å². The van der Waals surface area contributed by atoms with E-state index in [1.165, 1.54) is 6.20 Å². The van der Waals surface area contributed by atoms with Crippen molar-refractivity contribution in [1.29, 1.82) is 0 Å². The average Bonchev–Trinajstić information content (AvgIpc) is 2.90. The van der Waals surface area contributed by atoms with Crippen molar-refractivity contribution in [3.8, 4) is 0 Å². The molecule has 1 aromatic heterocycles. The molecule has 0 bridgehead atoms. The molecule has 2 amide bonds. The topological polar surface area (TPSA) is 87.3 Å². The van der Waals surface area contributed by atoms with Crippen molar-refractivity contribution >= 4 is 11.8 Å². The van der Waals surface area contributed by atoms with Gasteiger partial charge in [0.15, 0.2) is 0 Å². The van der Waals surface area contributed by atoms with E-state index >= 15 is 0 Å². The van der Waals surface area contributed by atoms with Gasteiger partial charge in [0.1, 0.15) is 6.04 Å². The van der Waals surface area contributed by atoms with Crippen molar-refractivity contribution in [2.75, 3.05) is 26.3 Å². The van der Waals surface area contributed by atoms with Crippen molar-refractivity contribution in [3.63, 3.8) is 0 Å². The van der Waals surface area contributed by atoms with Crippen molar-refractivity contribution < 1.29 is 14.3 Å². The fourth-order valence-corrected chi connectivity index (χ4v) is 2.15. The number of hydrogen-bond donors (Lipinski definition) is 2. The van der Waals surface area contributed by atoms with Crippen LogP contribution in [-0.4, -0.2) is 59.3 Å². The van der Waals surface area contributed by atoms with Crippen LogP contribution in [0.2, 0.25) is 0 Å². The maximum Gasteiger partial charge on any atom is 0.258 e. The summed E-state index contributed by atoms with van der Waals surface area (Å²) in [6, 6.07) is -0.572. The fourth-order valence-electron chi connectivity index (χ4n) is 2.15. The molecule has 2 rings (SSSR count). The van der Waals surface area contributed by atoms with Gasteiger partial charge in [0, 0.05) is 18.8 Å². The zero-order valence-corrected chi connectivity index (χ0v) is 11.8. The molecule has 7 heteroatoms. The van der Waals surface area contributed by atoms with Gasteiger partial charge in [-0.2, -0.15) is 5.10 Å². The minimum Gasteiger partial charge on any atom is -0.377 e. The number of carbonyl (C=O) groups is 2. The van der Waals surface area contributed by atoms with Crippen LogP contribution in [0.3, 0.4) is 0 Å². The molecule has 110 valence electrons. The van der Waals surface area contributed by atoms with Gasteiger partial charge >= 0.3 is 0 Å². The molecule has 1 aliphatic heterocycles. The monoisotopic (exact) mass is 280 g/mol. The molecule has 1 aliphatic rings. The van der Waals surface area contributed by atoms with Crippen molar-refractivity contribution in [2.45, 2.75) is 26.3 Å². The van der Waals surface area contributed by atoms with Gasteiger partial charge in [0.25, 0.3) is 5.91 Å². The summed E-state index contributed by atoms with van der Waals surface area (Å²) in [5.41, 5.74) is 1.20. The van der Waals surface area contributed by atoms with E-state index in [0.29, 0.717) is 31.0 Å². The molecular weight excluding hydrogens is 260 g/mol. The predicted molar refractivity (Wildman–Crippen MR) is 72.3 cm³/mol. The molecule has 20 heavy (non-hydrogen) atoms. The van der Waals surface area contributed by atoms with Gasteiger partial charge in [-0.25, -0.2) is 0 Å². The molecule has 1 fully saturated rings. The molecule has 1 atom stereocenters. The third-order valence-electron chi connectivity index (χ3n) is 3.30. The first kappa shape index (κ1) is 14.5. The first-order valence-corrected chi connectivity index (χ1v) is 6.81. The zero-order valence-electron chi connectivity index (χ0n) is 11.8. The highest BCUT2D eigenvalue weighted by molar-refractivity contribution is 5.98. The Labute approximate surface area is 117 Å². The van der Waals surface area contributed by atoms with Gasteiger partial charge in [0.2, 0.25) is 5.91 Å². The van der Waals surface area contributed by atoms with Gasteiger partial charge in [-0.15, -0.1) is 0 Å². The first-order valence-electron chi connectivity index (χ1n) is 6.81. The van der Waals surface area contributed by atoms with Gasteiger partial charge < -0.3 is 15.0 Å². The Morgan fingerprint density at radius 2 is 2.40 bits per heavy atom. The number of hydrogen-bond acceptors (Lipinski definition) is 4. The van der Waals surface area contributed by atoms with E-state index in [0.717, 1.165) is 6.42 Å². The number of carbonyl (C=O) groups excluding carboxylic acids is 2. The van der Waals surface area contributed by atoms with Crippen LogP contribution >= 0.6 is 0 Å². The van der Waals surface area contributed by atoms with Crippen LogP contribution in [-0.2, 0) is 9.53 Å². The molecule has 1 saturated heterocycles. The number of rotatable bonds is 4. The molecule has 2 N–H and O–H groups in total. The summed E-state index contributed by atoms with van der Waals surface area (Å²) in [5, 5.41) is 9.40. The van der Waals surface area contributed by atoms with E-state index in [2.05, 4.69) is 15.5 Å². The largest absolute Gasteiger partial charge is 0.377 e. The van der Waals surface area contributed by atoms with Crippen molar-refractivity contribution in [1.82, 2.24) is 20.4 Å². The van der Waals surface area contributed by atoms with Gasteiger partial charge in [-0.05, 0) is 13.3 Å². The minimum atomic E-state index is -0.572. The number of amides is 2. The summed E-state index contributed by atoms with van der Waals surface area (Å²) >= 11 is 0. The van der Waals surface area contributed by atoms with Crippen LogP contribution in [0.25, 0.3) is 0 Å². The molecule has 0 saturated carbocycles. The molecule has 1 unspecified atom stereocenters. The molecular formula is C13H20N4O3. The standard InChI is InChI=1S/C13H20N4O3/c1-3-4-14-12(18)11-8-20-6-5-17(11)13(19)10-7-15-16-9(10)2/h7,11H,3-6,8H2,1-2H3,(H,14,18)(H,15,16). The van der Waals surface area contributed by atoms with Crippen LogP contribution in [0.1, 0.15) is 29.4 Å². The Balaban J connectivity index is 2.12. The smallest absolute Gasteiger partial charge is 0.258 e. The number of aromatic nitrogens is 2. The summed E-state index contributed by atoms with van der Waals surface area (Å²) in [6.45, 7) is 5.45. The molecule has 0 spiro atoms. The average molecular weight is 280 g/mol. The van der Waals surface area contributed by atoms with Crippen LogP contribution < -0.4 is 5.32 Å². The molecule has 2 heterocycles. The molecule has 0 aromatic carbocycles. The normalized spacial score (nSPS) is 18.9. The van der Waals surface area contributed by atoms with Crippen molar-refractivity contribution in [2.24, 2.45) is 0 Å². The highest BCUT2D eigenvalue weighted by Gasteiger charge is 2.34. The highest BCUT2D eigenvalue weighted by atomic mass is 16.5. The van der Waals surface area contributed by atoms with E-state index in [4.69, 9.17) is 4.74 Å². The molecule has 0 aliphatic carbocycles. The zero-order chi connectivity index (χ0) is 14.5. The number of ether oxygens (including phenoxy) is 1. The van der Waals surface area contributed by atoms with E-state index in [9.17, 15) is 9.59 Å². The van der Waals surface area contributed by atoms with Crippen LogP contribution in [0.5, 0.6) is 0 Å². The third-order valence-corrected chi connectivity index (χ3v) is 3.30. The summed E-state index contributed by atoms with van der Waals surface area (Å²) < 4.78 is 5.33. The SMILES string of the molecule is CCCNC(=O)C1COCCN1C(=O)c1cn[nH]c1C. The van der Waals surface area contributed by atoms with E-state index in [1.807, 2.05) is 6.92 Å². The summed E-state index contributed by atoms with van der Waals surface area (Å²) in [5.74, 6) is -0.350. The molecule has 0 radical (unpaired) electrons. The fraction of sp³-hybridized carbons (Fsp3) is 0.615. The molecule has 7 nitrogen and oxygen atoms in total. The lowest BCUT2D eigenvalue weighted by Crippen LogP contribution is -2.56. The summed E-state index contributed by atoms with van der Waals surface area (Å²) in [6.07, 6.45) is 2.35. The Bertz CT molecular complexity index is 486. The Kier molecular flexibility index (Phi) is 4.73. The lowest BCUT2D eigenvalue weighted by Gasteiger charge is -2.34. The Morgan fingerprint density at radius 1 is 1.60 bits per heavy atom. The van der Waals surface area contributed by atoms with Gasteiger partial charge in [0.05, 0.1) is 25.0 Å². The number of morpholine rings is 1. The first-order chi connectivity index (χ1) is 9.65. The summed E-state index contributed by atoms with van der Waals surface area (Å²) in [4.78, 5) is 26.2.